The molecule has 0 saturated carbocycles. The molecule has 0 heterocycles. The maximum atomic E-state index is 12.5. The summed E-state index contributed by atoms with van der Waals surface area (Å²) in [4.78, 5) is 26.4. The van der Waals surface area contributed by atoms with Crippen molar-refractivity contribution >= 4 is 17.7 Å². The predicted octanol–water partition coefficient (Wildman–Crippen LogP) is 2.21. The summed E-state index contributed by atoms with van der Waals surface area (Å²) in [6.45, 7) is 9.93. The van der Waals surface area contributed by atoms with Crippen LogP contribution in [0.3, 0.4) is 0 Å². The number of carbonyl (C=O) groups excluding carboxylic acids is 1. The number of nitrogens with one attached hydrogen (secondary N) is 1. The number of urea groups is 1. The molecule has 9 nitrogen and oxygen atoms in total. The quantitative estimate of drug-likeness (QED) is 0.312. The molecule has 0 aliphatic heterocycles. The fourth-order valence-corrected chi connectivity index (χ4v) is 2.12. The molecule has 0 fully saturated rings. The Kier molecular flexibility index (Phi) is 7.67. The van der Waals surface area contributed by atoms with E-state index < -0.39 is 5.09 Å². The first-order chi connectivity index (χ1) is 10.9. The molecule has 4 N–H and O–H groups in total. The highest BCUT2D eigenvalue weighted by Crippen LogP contribution is 2.30. The maximum Gasteiger partial charge on any atom is 0.329 e. The Morgan fingerprint density at radius 1 is 1.33 bits per heavy atom. The molecule has 2 amide bonds. The normalized spacial score (nSPS) is 11.2. The van der Waals surface area contributed by atoms with Gasteiger partial charge in [-0.25, -0.2) is 4.79 Å². The first kappa shape index (κ1) is 21.2. The van der Waals surface area contributed by atoms with Gasteiger partial charge in [0.1, 0.15) is 0 Å². The topological polar surface area (TPSA) is 134 Å². The van der Waals surface area contributed by atoms with Crippen LogP contribution in [0.1, 0.15) is 31.9 Å². The van der Waals surface area contributed by atoms with Crippen molar-refractivity contribution in [2.24, 2.45) is 10.7 Å². The zero-order valence-corrected chi connectivity index (χ0v) is 14.8. The summed E-state index contributed by atoms with van der Waals surface area (Å²) >= 11 is 0. The van der Waals surface area contributed by atoms with Gasteiger partial charge in [0, 0.05) is 12.6 Å². The van der Waals surface area contributed by atoms with Crippen molar-refractivity contribution in [1.82, 2.24) is 5.32 Å². The van der Waals surface area contributed by atoms with Crippen molar-refractivity contribution in [2.75, 3.05) is 11.9 Å². The second kappa shape index (κ2) is 8.70. The summed E-state index contributed by atoms with van der Waals surface area (Å²) in [7, 11) is 1.54. The molecule has 0 spiro atoms. The Balaban J connectivity index is 0.00000118. The average molecular weight is 339 g/mol. The van der Waals surface area contributed by atoms with Gasteiger partial charge in [-0.3, -0.25) is 15.2 Å². The lowest BCUT2D eigenvalue weighted by molar-refractivity contribution is -0.742. The van der Waals surface area contributed by atoms with Gasteiger partial charge in [-0.05, 0) is 45.7 Å². The van der Waals surface area contributed by atoms with Crippen LogP contribution >= 0.6 is 0 Å². The number of nitrogens with zero attached hydrogens (tertiary/aromatic N) is 3. The second-order valence-electron chi connectivity index (χ2n) is 6.02. The van der Waals surface area contributed by atoms with Crippen LogP contribution in [0.4, 0.5) is 10.5 Å². The number of hydrogen-bond acceptors (Lipinski definition) is 4. The average Bonchev–Trinajstić information content (AvgIpc) is 2.40. The lowest BCUT2D eigenvalue weighted by atomic mass is 10.0. The van der Waals surface area contributed by atoms with Gasteiger partial charge in [-0.1, -0.05) is 18.2 Å². The summed E-state index contributed by atoms with van der Waals surface area (Å²) in [5.74, 6) is 0.107. The molecule has 0 aromatic heterocycles. The molecule has 0 aliphatic rings. The van der Waals surface area contributed by atoms with E-state index in [-0.39, 0.29) is 17.5 Å². The van der Waals surface area contributed by atoms with Gasteiger partial charge in [-0.2, -0.15) is 0 Å². The van der Waals surface area contributed by atoms with Crippen LogP contribution in [0.5, 0.6) is 0 Å². The number of nitrogens with two attached hydrogens (primary N) is 1. The lowest BCUT2D eigenvalue weighted by Gasteiger charge is -2.37. The predicted molar refractivity (Wildman–Crippen MR) is 93.0 cm³/mol. The highest BCUT2D eigenvalue weighted by Gasteiger charge is 2.30. The third kappa shape index (κ3) is 6.51. The first-order valence-corrected chi connectivity index (χ1v) is 7.14. The van der Waals surface area contributed by atoms with Gasteiger partial charge in [0.05, 0.1) is 5.69 Å². The molecule has 1 aromatic carbocycles. The molecule has 9 heteroatoms. The summed E-state index contributed by atoms with van der Waals surface area (Å²) in [5, 5.41) is 16.2. The van der Waals surface area contributed by atoms with E-state index in [1.54, 1.807) is 4.90 Å². The first-order valence-electron chi connectivity index (χ1n) is 7.14. The highest BCUT2D eigenvalue weighted by molar-refractivity contribution is 6.04. The molecule has 0 saturated heterocycles. The van der Waals surface area contributed by atoms with Crippen molar-refractivity contribution in [3.8, 4) is 0 Å². The Labute approximate surface area is 141 Å². The number of carbonyl (C=O) groups is 1. The number of aryl methyl sites for hydroxylation is 2. The Morgan fingerprint density at radius 3 is 2.08 bits per heavy atom. The molecule has 0 atom stereocenters. The standard InChI is InChI=1S/C15H24N4O.HNO3/c1-10-8-7-9-11(2)12(10)19(15(3,4)5)14(20)18-13(16)17-6;2-1(3)4/h7-9H,1-6H3,(H3,16,17,18,20);(H,2,3,4). The minimum absolute atomic E-state index is 0.107. The molecular weight excluding hydrogens is 314 g/mol. The molecule has 0 bridgehead atoms. The van der Waals surface area contributed by atoms with Crippen LogP contribution in [0, 0.1) is 24.0 Å². The minimum Gasteiger partial charge on any atom is -0.370 e. The summed E-state index contributed by atoms with van der Waals surface area (Å²) in [5.41, 5.74) is 8.21. The number of anilines is 1. The van der Waals surface area contributed by atoms with Crippen LogP contribution in [0.2, 0.25) is 0 Å². The van der Waals surface area contributed by atoms with Crippen LogP contribution in [0.15, 0.2) is 23.2 Å². The van der Waals surface area contributed by atoms with Gasteiger partial charge >= 0.3 is 6.03 Å². The molecule has 0 radical (unpaired) electrons. The summed E-state index contributed by atoms with van der Waals surface area (Å²) < 4.78 is 0. The van der Waals surface area contributed by atoms with Crippen LogP contribution < -0.4 is 16.0 Å². The zero-order chi connectivity index (χ0) is 19.1. The Hall–Kier alpha value is -2.84. The van der Waals surface area contributed by atoms with Crippen molar-refractivity contribution < 1.29 is 15.1 Å². The summed E-state index contributed by atoms with van der Waals surface area (Å²) in [6.07, 6.45) is 0. The Morgan fingerprint density at radius 2 is 1.75 bits per heavy atom. The fraction of sp³-hybridized carbons (Fsp3) is 0.467. The lowest BCUT2D eigenvalue weighted by Crippen LogP contribution is -2.54. The van der Waals surface area contributed by atoms with E-state index in [1.165, 1.54) is 7.05 Å². The highest BCUT2D eigenvalue weighted by atomic mass is 16.9. The monoisotopic (exact) mass is 339 g/mol. The zero-order valence-electron chi connectivity index (χ0n) is 14.8. The van der Waals surface area contributed by atoms with Crippen LogP contribution in [-0.4, -0.2) is 34.9 Å². The SMILES string of the molecule is CN=C(N)NC(=O)N(c1c(C)cccc1C)C(C)(C)C.O=[N+]([O-])O. The van der Waals surface area contributed by atoms with E-state index >= 15 is 0 Å². The van der Waals surface area contributed by atoms with Crippen molar-refractivity contribution in [3.05, 3.63) is 39.4 Å². The number of guanidine groups is 1. The second-order valence-corrected chi connectivity index (χ2v) is 6.02. The number of amides is 2. The molecule has 0 aliphatic carbocycles. The van der Waals surface area contributed by atoms with Crippen molar-refractivity contribution in [3.63, 3.8) is 0 Å². The molecule has 24 heavy (non-hydrogen) atoms. The smallest absolute Gasteiger partial charge is 0.329 e. The minimum atomic E-state index is -1.50. The van der Waals surface area contributed by atoms with Gasteiger partial charge in [0.25, 0.3) is 5.09 Å². The largest absolute Gasteiger partial charge is 0.370 e. The maximum absolute atomic E-state index is 12.5. The fourth-order valence-electron chi connectivity index (χ4n) is 2.12. The molecule has 1 rings (SSSR count). The molecule has 0 unspecified atom stereocenters. The van der Waals surface area contributed by atoms with Gasteiger partial charge in [-0.15, -0.1) is 10.1 Å². The van der Waals surface area contributed by atoms with E-state index in [0.717, 1.165) is 16.8 Å². The van der Waals surface area contributed by atoms with Gasteiger partial charge < -0.3 is 10.9 Å². The van der Waals surface area contributed by atoms with Crippen LogP contribution in [-0.2, 0) is 0 Å². The van der Waals surface area contributed by atoms with E-state index in [1.807, 2.05) is 52.8 Å². The van der Waals surface area contributed by atoms with E-state index in [9.17, 15) is 4.79 Å². The summed E-state index contributed by atoms with van der Waals surface area (Å²) in [6, 6.07) is 5.68. The molecular formula is C15H25N5O4. The molecule has 134 valence electrons. The van der Waals surface area contributed by atoms with E-state index in [0.29, 0.717) is 0 Å². The van der Waals surface area contributed by atoms with Crippen molar-refractivity contribution in [2.45, 2.75) is 40.2 Å². The van der Waals surface area contributed by atoms with E-state index in [2.05, 4.69) is 10.3 Å². The third-order valence-electron chi connectivity index (χ3n) is 3.01. The van der Waals surface area contributed by atoms with Crippen molar-refractivity contribution in [1.29, 1.82) is 0 Å². The Bertz CT molecular complexity index is 599. The van der Waals surface area contributed by atoms with Crippen LogP contribution in [0.25, 0.3) is 0 Å². The number of benzene rings is 1. The molecule has 1 aromatic rings. The third-order valence-corrected chi connectivity index (χ3v) is 3.01. The van der Waals surface area contributed by atoms with Gasteiger partial charge in [0.2, 0.25) is 0 Å². The van der Waals surface area contributed by atoms with E-state index in [4.69, 9.17) is 21.1 Å². The number of rotatable bonds is 1. The van der Waals surface area contributed by atoms with Gasteiger partial charge in [0.15, 0.2) is 5.96 Å². The number of aliphatic imine (C=N–C) groups is 1. The number of hydrogen-bond donors (Lipinski definition) is 3. The number of para-hydroxylation sites is 1.